The zero-order chi connectivity index (χ0) is 28.9. The van der Waals surface area contributed by atoms with Gasteiger partial charge < -0.3 is 43.6 Å². The summed E-state index contributed by atoms with van der Waals surface area (Å²) in [6.07, 6.45) is 1.97. The number of ether oxygens (including phenoxy) is 1. The number of carbonyl (C=O) groups excluding carboxylic acids is 4. The molecule has 0 radical (unpaired) electrons. The van der Waals surface area contributed by atoms with Gasteiger partial charge in [0, 0.05) is 26.4 Å². The molecule has 0 saturated carbocycles. The molecule has 11 N–H and O–H groups in total. The molecule has 0 bridgehead atoms. The fourth-order valence-corrected chi connectivity index (χ4v) is 3.80. The molecular weight excluding hydrogens is 494 g/mol. The van der Waals surface area contributed by atoms with E-state index in [0.717, 1.165) is 0 Å². The van der Waals surface area contributed by atoms with E-state index in [0.29, 0.717) is 38.8 Å². The van der Waals surface area contributed by atoms with Gasteiger partial charge in [0.1, 0.15) is 12.1 Å². The summed E-state index contributed by atoms with van der Waals surface area (Å²) in [5.41, 5.74) is 20.9. The Kier molecular flexibility index (Phi) is 13.5. The number of guanidine groups is 2. The quantitative estimate of drug-likeness (QED) is 0.0456. The summed E-state index contributed by atoms with van der Waals surface area (Å²) >= 11 is 0. The maximum atomic E-state index is 13.3. The molecule has 0 unspecified atom stereocenters. The Morgan fingerprint density at radius 3 is 1.76 bits per heavy atom. The molecule has 14 heteroatoms. The Morgan fingerprint density at radius 1 is 0.842 bits per heavy atom. The van der Waals surface area contributed by atoms with E-state index in [4.69, 9.17) is 27.7 Å². The average molecular weight is 540 g/mol. The number of nitrogens with two attached hydrogens (primary N) is 4. The van der Waals surface area contributed by atoms with E-state index in [1.807, 2.05) is 20.8 Å². The molecular formula is C24H45N9O5. The highest BCUT2D eigenvalue weighted by Gasteiger charge is 2.43. The first kappa shape index (κ1) is 32.6. The lowest BCUT2D eigenvalue weighted by Crippen LogP contribution is -2.56. The summed E-state index contributed by atoms with van der Waals surface area (Å²) in [6.45, 7) is 8.03. The first-order chi connectivity index (χ1) is 17.7. The lowest BCUT2D eigenvalue weighted by molar-refractivity contribution is -0.133. The minimum Gasteiger partial charge on any atom is -0.370 e. The second kappa shape index (κ2) is 15.7. The topological polar surface area (TPSA) is 246 Å². The van der Waals surface area contributed by atoms with E-state index in [-0.39, 0.29) is 48.9 Å². The predicted octanol–water partition coefficient (Wildman–Crippen LogP) is -1.64. The molecule has 4 atom stereocenters. The maximum absolute atomic E-state index is 13.3. The maximum Gasteiger partial charge on any atom is 0.243 e. The number of Topliss-reactive ketones (excluding diaryl/α,β-unsaturated/α-hetero) is 1. The molecule has 216 valence electrons. The highest BCUT2D eigenvalue weighted by atomic mass is 16.6. The van der Waals surface area contributed by atoms with Crippen molar-refractivity contribution in [3.05, 3.63) is 0 Å². The van der Waals surface area contributed by atoms with Gasteiger partial charge in [0.05, 0.1) is 18.2 Å². The van der Waals surface area contributed by atoms with Crippen molar-refractivity contribution in [2.24, 2.45) is 38.8 Å². The van der Waals surface area contributed by atoms with Crippen LogP contribution >= 0.6 is 0 Å². The largest absolute Gasteiger partial charge is 0.370 e. The van der Waals surface area contributed by atoms with Crippen LogP contribution in [0.5, 0.6) is 0 Å². The lowest BCUT2D eigenvalue weighted by Gasteiger charge is -2.26. The molecule has 0 spiro atoms. The number of nitrogens with one attached hydrogen (secondary N) is 3. The van der Waals surface area contributed by atoms with E-state index in [1.165, 1.54) is 6.92 Å². The van der Waals surface area contributed by atoms with E-state index >= 15 is 0 Å². The predicted molar refractivity (Wildman–Crippen MR) is 145 cm³/mol. The van der Waals surface area contributed by atoms with Crippen LogP contribution in [0, 0.1) is 5.92 Å². The smallest absolute Gasteiger partial charge is 0.243 e. The minimum absolute atomic E-state index is 0.0532. The van der Waals surface area contributed by atoms with Gasteiger partial charge in [-0.15, -0.1) is 0 Å². The van der Waals surface area contributed by atoms with Gasteiger partial charge >= 0.3 is 0 Å². The molecule has 1 aliphatic heterocycles. The van der Waals surface area contributed by atoms with Crippen LogP contribution in [-0.2, 0) is 23.9 Å². The van der Waals surface area contributed by atoms with Gasteiger partial charge in [0.15, 0.2) is 17.7 Å². The molecule has 1 fully saturated rings. The molecule has 0 aromatic carbocycles. The van der Waals surface area contributed by atoms with Gasteiger partial charge in [-0.25, -0.2) is 0 Å². The van der Waals surface area contributed by atoms with Gasteiger partial charge in [0.2, 0.25) is 17.7 Å². The highest BCUT2D eigenvalue weighted by molar-refractivity contribution is 5.94. The first-order valence-electron chi connectivity index (χ1n) is 12.9. The molecule has 38 heavy (non-hydrogen) atoms. The van der Waals surface area contributed by atoms with E-state index in [2.05, 4.69) is 25.9 Å². The van der Waals surface area contributed by atoms with Crippen LogP contribution in [0.15, 0.2) is 9.98 Å². The molecule has 0 aromatic heterocycles. The molecule has 3 amide bonds. The molecule has 14 nitrogen and oxygen atoms in total. The number of aliphatic imine (C=N–C) groups is 2. The van der Waals surface area contributed by atoms with Crippen molar-refractivity contribution >= 4 is 35.4 Å². The van der Waals surface area contributed by atoms with Crippen LogP contribution in [0.4, 0.5) is 0 Å². The van der Waals surface area contributed by atoms with Gasteiger partial charge in [-0.1, -0.05) is 13.8 Å². The molecule has 1 saturated heterocycles. The average Bonchev–Trinajstić information content (AvgIpc) is 3.52. The van der Waals surface area contributed by atoms with Crippen molar-refractivity contribution in [1.29, 1.82) is 0 Å². The Balaban J connectivity index is 2.95. The highest BCUT2D eigenvalue weighted by Crippen LogP contribution is 2.30. The Bertz CT molecular complexity index is 879. The third-order valence-corrected chi connectivity index (χ3v) is 5.82. The summed E-state index contributed by atoms with van der Waals surface area (Å²) in [7, 11) is 0. The molecule has 1 heterocycles. The lowest BCUT2D eigenvalue weighted by atomic mass is 9.96. The fraction of sp³-hybridized carbons (Fsp3) is 0.750. The van der Waals surface area contributed by atoms with E-state index in [9.17, 15) is 19.2 Å². The Labute approximate surface area is 224 Å². The second-order valence-electron chi connectivity index (χ2n) is 10.3. The van der Waals surface area contributed by atoms with Crippen molar-refractivity contribution in [3.63, 3.8) is 0 Å². The first-order valence-corrected chi connectivity index (χ1v) is 12.9. The third kappa shape index (κ3) is 13.8. The van der Waals surface area contributed by atoms with Crippen LogP contribution in [-0.4, -0.2) is 78.8 Å². The summed E-state index contributed by atoms with van der Waals surface area (Å²) in [5, 5.41) is 8.16. The summed E-state index contributed by atoms with van der Waals surface area (Å²) in [5.74, 6) is -1.63. The minimum atomic E-state index is -0.919. The van der Waals surface area contributed by atoms with Crippen LogP contribution in [0.25, 0.3) is 0 Å². The monoisotopic (exact) mass is 539 g/mol. The number of hydrogen-bond donors (Lipinski definition) is 7. The van der Waals surface area contributed by atoms with Crippen molar-refractivity contribution in [2.45, 2.75) is 89.9 Å². The van der Waals surface area contributed by atoms with Crippen LogP contribution < -0.4 is 38.9 Å². The number of amides is 3. The van der Waals surface area contributed by atoms with Gasteiger partial charge in [0.25, 0.3) is 0 Å². The van der Waals surface area contributed by atoms with Crippen LogP contribution in [0.3, 0.4) is 0 Å². The van der Waals surface area contributed by atoms with E-state index < -0.39 is 35.5 Å². The van der Waals surface area contributed by atoms with Crippen molar-refractivity contribution in [1.82, 2.24) is 16.0 Å². The van der Waals surface area contributed by atoms with Crippen LogP contribution in [0.1, 0.15) is 66.2 Å². The number of nitrogens with zero attached hydrogens (tertiary/aromatic N) is 2. The van der Waals surface area contributed by atoms with E-state index in [1.54, 1.807) is 0 Å². The summed E-state index contributed by atoms with van der Waals surface area (Å²) in [6, 6.07) is -2.60. The third-order valence-electron chi connectivity index (χ3n) is 5.82. The number of carbonyl (C=O) groups is 4. The Hall–Kier alpha value is -3.42. The molecule has 1 rings (SSSR count). The van der Waals surface area contributed by atoms with Gasteiger partial charge in [-0.2, -0.15) is 0 Å². The molecule has 0 aromatic rings. The van der Waals surface area contributed by atoms with Crippen molar-refractivity contribution in [3.8, 4) is 0 Å². The second-order valence-corrected chi connectivity index (χ2v) is 10.3. The summed E-state index contributed by atoms with van der Waals surface area (Å²) < 4.78 is 5.34. The number of ketones is 1. The van der Waals surface area contributed by atoms with Gasteiger partial charge in [-0.05, 0) is 44.9 Å². The number of hydrogen-bond acceptors (Lipinski definition) is 7. The molecule has 0 aliphatic carbocycles. The number of epoxide rings is 1. The van der Waals surface area contributed by atoms with Gasteiger partial charge in [-0.3, -0.25) is 29.2 Å². The standard InChI is InChI=1S/C24H45N9O5/c1-14(2)11-18(33-20(36)17(31-15(3)34)8-6-10-30-23(27)28)21(37)32-16(7-5-9-29-22(25)26)19(35)12-24(4)13-38-24/h14,16-18H,5-13H2,1-4H3,(H,31,34)(H,32,37)(H,33,36)(H4,25,26,29)(H4,27,28,30)/t16-,17-,18-,24-/m0/s1. The SMILES string of the molecule is CC(=O)N[C@@H](CCCN=C(N)N)C(=O)N[C@@H](CC(C)C)C(=O)N[C@@H](CCCN=C(N)N)C(=O)C[C@@]1(C)CO1. The Morgan fingerprint density at radius 2 is 1.32 bits per heavy atom. The normalized spacial score (nSPS) is 18.4. The zero-order valence-electron chi connectivity index (χ0n) is 22.9. The van der Waals surface area contributed by atoms with Crippen molar-refractivity contribution in [2.75, 3.05) is 19.7 Å². The molecule has 1 aliphatic rings. The van der Waals surface area contributed by atoms with Crippen LogP contribution in [0.2, 0.25) is 0 Å². The van der Waals surface area contributed by atoms with Crippen molar-refractivity contribution < 1.29 is 23.9 Å². The fourth-order valence-electron chi connectivity index (χ4n) is 3.80. The summed E-state index contributed by atoms with van der Waals surface area (Å²) in [4.78, 5) is 58.9. The number of rotatable bonds is 18. The zero-order valence-corrected chi connectivity index (χ0v) is 22.9.